The van der Waals surface area contributed by atoms with E-state index >= 15 is 0 Å². The van der Waals surface area contributed by atoms with Crippen LogP contribution >= 0.6 is 12.4 Å². The highest BCUT2D eigenvalue weighted by molar-refractivity contribution is 5.85. The molecule has 3 unspecified atom stereocenters. The molecule has 2 N–H and O–H groups in total. The summed E-state index contributed by atoms with van der Waals surface area (Å²) in [5.41, 5.74) is 1.29. The highest BCUT2D eigenvalue weighted by Crippen LogP contribution is 2.32. The van der Waals surface area contributed by atoms with E-state index in [0.717, 1.165) is 6.54 Å². The number of piperidine rings is 1. The van der Waals surface area contributed by atoms with Crippen LogP contribution in [-0.2, 0) is 4.79 Å². The molecule has 1 aromatic rings. The molecule has 2 saturated heterocycles. The predicted molar refractivity (Wildman–Crippen MR) is 92.4 cm³/mol. The third kappa shape index (κ3) is 4.47. The van der Waals surface area contributed by atoms with Crippen molar-refractivity contribution in [2.75, 3.05) is 6.54 Å². The van der Waals surface area contributed by atoms with Crippen LogP contribution in [0, 0.1) is 5.92 Å². The largest absolute Gasteiger partial charge is 0.355 e. The highest BCUT2D eigenvalue weighted by Gasteiger charge is 2.34. The van der Waals surface area contributed by atoms with E-state index in [9.17, 15) is 4.79 Å². The molecular formula is C18H27ClN2O. The standard InChI is InChI=1S/C18H26N2O.ClH/c1-13(15-5-3-2-4-6-15)12-19-18(21)11-14-9-16-7-8-17(10-14)20-16;/h2-6,13-14,16-17,20H,7-12H2,1H3,(H,19,21);1H. The number of nitrogens with one attached hydrogen (secondary N) is 2. The molecule has 3 atom stereocenters. The Morgan fingerprint density at radius 1 is 1.23 bits per heavy atom. The molecule has 0 saturated carbocycles. The molecule has 0 aliphatic carbocycles. The summed E-state index contributed by atoms with van der Waals surface area (Å²) in [6.45, 7) is 2.90. The van der Waals surface area contributed by atoms with Gasteiger partial charge in [-0.2, -0.15) is 0 Å². The van der Waals surface area contributed by atoms with E-state index in [0.29, 0.717) is 30.3 Å². The van der Waals surface area contributed by atoms with E-state index < -0.39 is 0 Å². The first-order valence-electron chi connectivity index (χ1n) is 8.28. The van der Waals surface area contributed by atoms with Gasteiger partial charge in [-0.05, 0) is 43.1 Å². The van der Waals surface area contributed by atoms with Crippen LogP contribution < -0.4 is 10.6 Å². The molecular weight excluding hydrogens is 296 g/mol. The zero-order valence-corrected chi connectivity index (χ0v) is 14.1. The van der Waals surface area contributed by atoms with Gasteiger partial charge < -0.3 is 10.6 Å². The maximum atomic E-state index is 12.1. The van der Waals surface area contributed by atoms with Gasteiger partial charge in [-0.15, -0.1) is 12.4 Å². The highest BCUT2D eigenvalue weighted by atomic mass is 35.5. The molecule has 3 rings (SSSR count). The summed E-state index contributed by atoms with van der Waals surface area (Å²) in [5.74, 6) is 1.18. The zero-order valence-electron chi connectivity index (χ0n) is 13.3. The summed E-state index contributed by atoms with van der Waals surface area (Å²) < 4.78 is 0. The molecule has 3 nitrogen and oxygen atoms in total. The van der Waals surface area contributed by atoms with Gasteiger partial charge in [-0.1, -0.05) is 37.3 Å². The van der Waals surface area contributed by atoms with Crippen LogP contribution in [0.2, 0.25) is 0 Å². The summed E-state index contributed by atoms with van der Waals surface area (Å²) in [5, 5.41) is 6.75. The van der Waals surface area contributed by atoms with Gasteiger partial charge in [-0.3, -0.25) is 4.79 Å². The number of rotatable bonds is 5. The molecule has 122 valence electrons. The molecule has 2 aliphatic heterocycles. The van der Waals surface area contributed by atoms with Gasteiger partial charge in [0.2, 0.25) is 5.91 Å². The molecule has 0 aromatic heterocycles. The van der Waals surface area contributed by atoms with Crippen LogP contribution in [0.5, 0.6) is 0 Å². The fourth-order valence-corrected chi connectivity index (χ4v) is 3.84. The number of hydrogen-bond donors (Lipinski definition) is 2. The summed E-state index contributed by atoms with van der Waals surface area (Å²) >= 11 is 0. The van der Waals surface area contributed by atoms with Crippen LogP contribution in [0.25, 0.3) is 0 Å². The van der Waals surface area contributed by atoms with Crippen LogP contribution in [-0.4, -0.2) is 24.5 Å². The SMILES string of the molecule is CC(CNC(=O)CC1CC2CCC(C1)N2)c1ccccc1.Cl. The second kappa shape index (κ2) is 7.98. The van der Waals surface area contributed by atoms with E-state index in [-0.39, 0.29) is 18.3 Å². The molecule has 2 bridgehead atoms. The Hall–Kier alpha value is -1.06. The summed E-state index contributed by atoms with van der Waals surface area (Å²) in [6.07, 6.45) is 5.66. The number of amides is 1. The third-order valence-electron chi connectivity index (χ3n) is 5.02. The Labute approximate surface area is 139 Å². The number of benzene rings is 1. The van der Waals surface area contributed by atoms with E-state index in [1.54, 1.807) is 0 Å². The van der Waals surface area contributed by atoms with Crippen molar-refractivity contribution in [1.29, 1.82) is 0 Å². The molecule has 22 heavy (non-hydrogen) atoms. The van der Waals surface area contributed by atoms with E-state index in [2.05, 4.69) is 41.8 Å². The van der Waals surface area contributed by atoms with Gasteiger partial charge >= 0.3 is 0 Å². The normalized spacial score (nSPS) is 27.8. The minimum absolute atomic E-state index is 0. The van der Waals surface area contributed by atoms with Crippen molar-refractivity contribution in [2.45, 2.75) is 57.0 Å². The second-order valence-electron chi connectivity index (χ2n) is 6.80. The zero-order chi connectivity index (χ0) is 14.7. The molecule has 0 radical (unpaired) electrons. The number of halogens is 1. The van der Waals surface area contributed by atoms with Gasteiger partial charge in [0.05, 0.1) is 0 Å². The van der Waals surface area contributed by atoms with E-state index in [1.807, 2.05) is 6.07 Å². The molecule has 0 spiro atoms. The smallest absolute Gasteiger partial charge is 0.220 e. The Kier molecular flexibility index (Phi) is 6.27. The minimum Gasteiger partial charge on any atom is -0.355 e. The third-order valence-corrected chi connectivity index (χ3v) is 5.02. The molecule has 4 heteroatoms. The maximum Gasteiger partial charge on any atom is 0.220 e. The second-order valence-corrected chi connectivity index (χ2v) is 6.80. The lowest BCUT2D eigenvalue weighted by Gasteiger charge is -2.28. The average Bonchev–Trinajstić information content (AvgIpc) is 2.84. The molecule has 2 heterocycles. The average molecular weight is 323 g/mol. The summed E-state index contributed by atoms with van der Waals surface area (Å²) in [6, 6.07) is 11.7. The first-order chi connectivity index (χ1) is 10.2. The Morgan fingerprint density at radius 3 is 2.50 bits per heavy atom. The maximum absolute atomic E-state index is 12.1. The number of hydrogen-bond acceptors (Lipinski definition) is 2. The van der Waals surface area contributed by atoms with Gasteiger partial charge in [0, 0.05) is 25.0 Å². The number of fused-ring (bicyclic) bond motifs is 2. The van der Waals surface area contributed by atoms with Crippen LogP contribution in [0.3, 0.4) is 0 Å². The number of carbonyl (C=O) groups excluding carboxylic acids is 1. The lowest BCUT2D eigenvalue weighted by Crippen LogP contribution is -2.40. The fourth-order valence-electron chi connectivity index (χ4n) is 3.84. The Morgan fingerprint density at radius 2 is 1.86 bits per heavy atom. The van der Waals surface area contributed by atoms with Crippen molar-refractivity contribution in [2.24, 2.45) is 5.92 Å². The van der Waals surface area contributed by atoms with Crippen molar-refractivity contribution in [3.8, 4) is 0 Å². The molecule has 2 fully saturated rings. The summed E-state index contributed by atoms with van der Waals surface area (Å²) in [7, 11) is 0. The Balaban J connectivity index is 0.00000176. The van der Waals surface area contributed by atoms with Gasteiger partial charge in [0.25, 0.3) is 0 Å². The van der Waals surface area contributed by atoms with Crippen molar-refractivity contribution in [1.82, 2.24) is 10.6 Å². The number of carbonyl (C=O) groups is 1. The van der Waals surface area contributed by atoms with Crippen molar-refractivity contribution in [3.05, 3.63) is 35.9 Å². The van der Waals surface area contributed by atoms with Crippen molar-refractivity contribution in [3.63, 3.8) is 0 Å². The van der Waals surface area contributed by atoms with Crippen LogP contribution in [0.15, 0.2) is 30.3 Å². The molecule has 1 amide bonds. The van der Waals surface area contributed by atoms with Gasteiger partial charge in [0.1, 0.15) is 0 Å². The molecule has 2 aliphatic rings. The minimum atomic E-state index is 0. The Bertz CT molecular complexity index is 467. The first-order valence-corrected chi connectivity index (χ1v) is 8.28. The first kappa shape index (κ1) is 17.3. The van der Waals surface area contributed by atoms with Crippen LogP contribution in [0.1, 0.15) is 50.5 Å². The monoisotopic (exact) mass is 322 g/mol. The van der Waals surface area contributed by atoms with Crippen LogP contribution in [0.4, 0.5) is 0 Å². The van der Waals surface area contributed by atoms with E-state index in [1.165, 1.54) is 31.2 Å². The lowest BCUT2D eigenvalue weighted by atomic mass is 9.89. The topological polar surface area (TPSA) is 41.1 Å². The van der Waals surface area contributed by atoms with Crippen molar-refractivity contribution >= 4 is 18.3 Å². The molecule has 1 aromatic carbocycles. The van der Waals surface area contributed by atoms with Gasteiger partial charge in [-0.25, -0.2) is 0 Å². The lowest BCUT2D eigenvalue weighted by molar-refractivity contribution is -0.122. The fraction of sp³-hybridized carbons (Fsp3) is 0.611. The van der Waals surface area contributed by atoms with Gasteiger partial charge in [0.15, 0.2) is 0 Å². The van der Waals surface area contributed by atoms with E-state index in [4.69, 9.17) is 0 Å². The quantitative estimate of drug-likeness (QED) is 0.873. The summed E-state index contributed by atoms with van der Waals surface area (Å²) in [4.78, 5) is 12.1. The predicted octanol–water partition coefficient (Wildman–Crippen LogP) is 3.25. The van der Waals surface area contributed by atoms with Crippen molar-refractivity contribution < 1.29 is 4.79 Å².